The van der Waals surface area contributed by atoms with Crippen LogP contribution in [0.15, 0.2) is 5.38 Å². The molecule has 18 heavy (non-hydrogen) atoms. The van der Waals surface area contributed by atoms with Gasteiger partial charge in [-0.3, -0.25) is 0 Å². The molecule has 0 aliphatic rings. The Balaban J connectivity index is 2.85. The van der Waals surface area contributed by atoms with Gasteiger partial charge >= 0.3 is 0 Å². The van der Waals surface area contributed by atoms with Gasteiger partial charge in [0.05, 0.1) is 10.7 Å². The summed E-state index contributed by atoms with van der Waals surface area (Å²) in [6.07, 6.45) is 3.51. The van der Waals surface area contributed by atoms with Gasteiger partial charge in [-0.05, 0) is 25.3 Å². The molecule has 0 bridgehead atoms. The molecule has 0 amide bonds. The van der Waals surface area contributed by atoms with Gasteiger partial charge in [0.25, 0.3) is 0 Å². The molecule has 2 nitrogen and oxygen atoms in total. The van der Waals surface area contributed by atoms with E-state index in [1.807, 2.05) is 18.4 Å². The highest BCUT2D eigenvalue weighted by Gasteiger charge is 2.28. The fourth-order valence-corrected chi connectivity index (χ4v) is 3.44. The van der Waals surface area contributed by atoms with Crippen LogP contribution in [0, 0.1) is 5.41 Å². The second kappa shape index (κ2) is 6.16. The molecule has 0 saturated carbocycles. The second-order valence-corrected chi connectivity index (χ2v) is 7.23. The molecule has 1 aromatic rings. The minimum absolute atomic E-state index is 0.166. The summed E-state index contributed by atoms with van der Waals surface area (Å²) in [5.41, 5.74) is 1.76. The number of hydrogen-bond donors (Lipinski definition) is 1. The van der Waals surface area contributed by atoms with Gasteiger partial charge in [0.1, 0.15) is 0 Å². The largest absolute Gasteiger partial charge is 0.319 e. The van der Waals surface area contributed by atoms with Gasteiger partial charge in [-0.25, -0.2) is 4.98 Å². The maximum atomic E-state index is 4.84. The van der Waals surface area contributed by atoms with Crippen molar-refractivity contribution in [2.24, 2.45) is 5.41 Å². The van der Waals surface area contributed by atoms with Crippen molar-refractivity contribution >= 4 is 11.3 Å². The molecule has 1 N–H and O–H groups in total. The standard InChI is InChI=1S/C15H28N2S/c1-7-15(8-2,11-16-6)9-13-17-12(10-18-13)14(3,4)5/h10,16H,7-9,11H2,1-6H3. The van der Waals surface area contributed by atoms with Crippen molar-refractivity contribution in [1.82, 2.24) is 10.3 Å². The molecule has 0 atom stereocenters. The van der Waals surface area contributed by atoms with E-state index in [1.165, 1.54) is 23.5 Å². The predicted octanol–water partition coefficient (Wildman–Crippen LogP) is 4.01. The third-order valence-corrected chi connectivity index (χ3v) is 4.75. The molecule has 0 spiro atoms. The average molecular weight is 268 g/mol. The van der Waals surface area contributed by atoms with Crippen molar-refractivity contribution in [3.8, 4) is 0 Å². The highest BCUT2D eigenvalue weighted by molar-refractivity contribution is 7.09. The van der Waals surface area contributed by atoms with Gasteiger partial charge < -0.3 is 5.32 Å². The van der Waals surface area contributed by atoms with E-state index in [9.17, 15) is 0 Å². The summed E-state index contributed by atoms with van der Waals surface area (Å²) in [4.78, 5) is 4.84. The molecule has 0 radical (unpaired) electrons. The normalized spacial score (nSPS) is 13.0. The van der Waals surface area contributed by atoms with Crippen LogP contribution in [0.1, 0.15) is 58.2 Å². The lowest BCUT2D eigenvalue weighted by molar-refractivity contribution is 0.252. The molecule has 0 aromatic carbocycles. The van der Waals surface area contributed by atoms with Crippen LogP contribution < -0.4 is 5.32 Å². The van der Waals surface area contributed by atoms with Crippen LogP contribution in [0.4, 0.5) is 0 Å². The molecule has 3 heteroatoms. The van der Waals surface area contributed by atoms with E-state index in [-0.39, 0.29) is 5.41 Å². The first-order valence-corrected chi connectivity index (χ1v) is 7.84. The minimum Gasteiger partial charge on any atom is -0.319 e. The Hall–Kier alpha value is -0.410. The SMILES string of the molecule is CCC(CC)(CNC)Cc1nc(C(C)(C)C)cs1. The predicted molar refractivity (Wildman–Crippen MR) is 81.5 cm³/mol. The van der Waals surface area contributed by atoms with Crippen LogP contribution in [-0.2, 0) is 11.8 Å². The zero-order chi connectivity index (χ0) is 13.8. The molecule has 104 valence electrons. The Morgan fingerprint density at radius 1 is 1.22 bits per heavy atom. The lowest BCUT2D eigenvalue weighted by atomic mass is 9.79. The molecule has 1 heterocycles. The van der Waals surface area contributed by atoms with Crippen molar-refractivity contribution < 1.29 is 0 Å². The molecular formula is C15H28N2S. The zero-order valence-corrected chi connectivity index (χ0v) is 13.6. The average Bonchev–Trinajstić information content (AvgIpc) is 2.76. The summed E-state index contributed by atoms with van der Waals surface area (Å²) in [6.45, 7) is 12.3. The van der Waals surface area contributed by atoms with Crippen LogP contribution >= 0.6 is 11.3 Å². The number of nitrogens with one attached hydrogen (secondary N) is 1. The zero-order valence-electron chi connectivity index (χ0n) is 12.8. The van der Waals surface area contributed by atoms with Gasteiger partial charge in [-0.15, -0.1) is 11.3 Å². The van der Waals surface area contributed by atoms with Gasteiger partial charge in [-0.1, -0.05) is 34.6 Å². The molecule has 0 saturated heterocycles. The summed E-state index contributed by atoms with van der Waals surface area (Å²) in [7, 11) is 2.04. The van der Waals surface area contributed by atoms with E-state index in [4.69, 9.17) is 4.98 Å². The number of hydrogen-bond acceptors (Lipinski definition) is 3. The van der Waals surface area contributed by atoms with Crippen LogP contribution in [0.3, 0.4) is 0 Å². The van der Waals surface area contributed by atoms with Crippen molar-refractivity contribution in [2.45, 2.75) is 59.3 Å². The quantitative estimate of drug-likeness (QED) is 0.843. The lowest BCUT2D eigenvalue weighted by Gasteiger charge is -2.30. The van der Waals surface area contributed by atoms with Crippen molar-refractivity contribution in [1.29, 1.82) is 0 Å². The summed E-state index contributed by atoms with van der Waals surface area (Å²) in [5.74, 6) is 0. The van der Waals surface area contributed by atoms with E-state index in [0.717, 1.165) is 13.0 Å². The molecule has 0 aliphatic carbocycles. The maximum Gasteiger partial charge on any atom is 0.0934 e. The molecule has 0 unspecified atom stereocenters. The summed E-state index contributed by atoms with van der Waals surface area (Å²) in [6, 6.07) is 0. The van der Waals surface area contributed by atoms with Gasteiger partial charge in [0, 0.05) is 23.8 Å². The topological polar surface area (TPSA) is 24.9 Å². The number of rotatable bonds is 6. The first kappa shape index (κ1) is 15.6. The van der Waals surface area contributed by atoms with Crippen molar-refractivity contribution in [3.05, 3.63) is 16.1 Å². The van der Waals surface area contributed by atoms with Gasteiger partial charge in [0.2, 0.25) is 0 Å². The van der Waals surface area contributed by atoms with Crippen LogP contribution in [0.25, 0.3) is 0 Å². The smallest absolute Gasteiger partial charge is 0.0934 e. The molecule has 1 rings (SSSR count). The third kappa shape index (κ3) is 3.79. The first-order chi connectivity index (χ1) is 8.37. The van der Waals surface area contributed by atoms with Gasteiger partial charge in [0.15, 0.2) is 0 Å². The van der Waals surface area contributed by atoms with E-state index >= 15 is 0 Å². The van der Waals surface area contributed by atoms with E-state index in [2.05, 4.69) is 45.3 Å². The number of aromatic nitrogens is 1. The van der Waals surface area contributed by atoms with Crippen LogP contribution in [0.2, 0.25) is 0 Å². The van der Waals surface area contributed by atoms with Crippen LogP contribution in [-0.4, -0.2) is 18.6 Å². The molecule has 0 fully saturated rings. The monoisotopic (exact) mass is 268 g/mol. The number of thiazole rings is 1. The second-order valence-electron chi connectivity index (χ2n) is 6.29. The molecule has 0 aliphatic heterocycles. The lowest BCUT2D eigenvalue weighted by Crippen LogP contribution is -2.33. The van der Waals surface area contributed by atoms with Gasteiger partial charge in [-0.2, -0.15) is 0 Å². The minimum atomic E-state index is 0.166. The van der Waals surface area contributed by atoms with Crippen molar-refractivity contribution in [2.75, 3.05) is 13.6 Å². The maximum absolute atomic E-state index is 4.84. The van der Waals surface area contributed by atoms with E-state index in [1.54, 1.807) is 0 Å². The Bertz CT molecular complexity index is 359. The Morgan fingerprint density at radius 3 is 2.22 bits per heavy atom. The van der Waals surface area contributed by atoms with E-state index < -0.39 is 0 Å². The van der Waals surface area contributed by atoms with Crippen LogP contribution in [0.5, 0.6) is 0 Å². The Morgan fingerprint density at radius 2 is 1.83 bits per heavy atom. The molecule has 1 aromatic heterocycles. The summed E-state index contributed by atoms with van der Waals surface area (Å²) >= 11 is 1.82. The fourth-order valence-electron chi connectivity index (χ4n) is 2.24. The summed E-state index contributed by atoms with van der Waals surface area (Å²) in [5, 5.41) is 6.86. The van der Waals surface area contributed by atoms with Crippen molar-refractivity contribution in [3.63, 3.8) is 0 Å². The third-order valence-electron chi connectivity index (χ3n) is 3.90. The summed E-state index contributed by atoms with van der Waals surface area (Å²) < 4.78 is 0. The Labute approximate surface area is 116 Å². The fraction of sp³-hybridized carbons (Fsp3) is 0.800. The first-order valence-electron chi connectivity index (χ1n) is 6.96. The highest BCUT2D eigenvalue weighted by Crippen LogP contribution is 2.33. The Kier molecular flexibility index (Phi) is 5.35. The molecular weight excluding hydrogens is 240 g/mol. The highest BCUT2D eigenvalue weighted by atomic mass is 32.1. The number of nitrogens with zero attached hydrogens (tertiary/aromatic N) is 1. The van der Waals surface area contributed by atoms with E-state index in [0.29, 0.717) is 5.41 Å².